The summed E-state index contributed by atoms with van der Waals surface area (Å²) in [4.78, 5) is 0. The summed E-state index contributed by atoms with van der Waals surface area (Å²) >= 11 is 0. The molecule has 0 amide bonds. The number of ether oxygens (including phenoxy) is 1. The van der Waals surface area contributed by atoms with Crippen LogP contribution in [0.1, 0.15) is 33.1 Å². The second-order valence-corrected chi connectivity index (χ2v) is 3.99. The van der Waals surface area contributed by atoms with Crippen LogP contribution in [0.15, 0.2) is 23.0 Å². The Morgan fingerprint density at radius 1 is 1.33 bits per heavy atom. The number of hydrogen-bond donors (Lipinski definition) is 0. The lowest BCUT2D eigenvalue weighted by molar-refractivity contribution is 0.195. The molecule has 0 spiro atoms. The van der Waals surface area contributed by atoms with Gasteiger partial charge in [-0.2, -0.15) is 0 Å². The summed E-state index contributed by atoms with van der Waals surface area (Å²) in [6.07, 6.45) is 5.62. The van der Waals surface area contributed by atoms with E-state index in [-0.39, 0.29) is 0 Å². The first-order valence-electron chi connectivity index (χ1n) is 4.73. The molecule has 1 heterocycles. The third-order valence-corrected chi connectivity index (χ3v) is 3.09. The highest BCUT2D eigenvalue weighted by Gasteiger charge is 2.23. The minimum absolute atomic E-state index is 0.794. The van der Waals surface area contributed by atoms with E-state index in [9.17, 15) is 0 Å². The number of allylic oxidation sites excluding steroid dienone is 3. The molecule has 0 saturated heterocycles. The molecule has 1 nitrogen and oxygen atoms in total. The van der Waals surface area contributed by atoms with Crippen LogP contribution in [0.25, 0.3) is 0 Å². The molecule has 12 heavy (non-hydrogen) atoms. The second kappa shape index (κ2) is 2.96. The average Bonchev–Trinajstić information content (AvgIpc) is 2.07. The molecule has 1 aliphatic carbocycles. The van der Waals surface area contributed by atoms with Crippen molar-refractivity contribution in [2.75, 3.05) is 6.61 Å². The molecular weight excluding hydrogens is 148 g/mol. The van der Waals surface area contributed by atoms with Gasteiger partial charge in [0.15, 0.2) is 0 Å². The molecule has 0 radical (unpaired) electrons. The third kappa shape index (κ3) is 1.28. The highest BCUT2D eigenvalue weighted by molar-refractivity contribution is 5.27. The molecule has 0 aromatic carbocycles. The first-order chi connectivity index (χ1) is 5.77. The van der Waals surface area contributed by atoms with E-state index >= 15 is 0 Å². The summed E-state index contributed by atoms with van der Waals surface area (Å²) in [6, 6.07) is 0. The van der Waals surface area contributed by atoms with Crippen LogP contribution >= 0.6 is 0 Å². The van der Waals surface area contributed by atoms with Gasteiger partial charge >= 0.3 is 0 Å². The maximum atomic E-state index is 5.34. The fourth-order valence-electron chi connectivity index (χ4n) is 2.08. The lowest BCUT2D eigenvalue weighted by Gasteiger charge is -2.30. The Morgan fingerprint density at radius 3 is 3.00 bits per heavy atom. The van der Waals surface area contributed by atoms with Crippen LogP contribution in [-0.4, -0.2) is 6.61 Å². The summed E-state index contributed by atoms with van der Waals surface area (Å²) in [5, 5.41) is 0. The van der Waals surface area contributed by atoms with E-state index in [1.54, 1.807) is 11.1 Å². The van der Waals surface area contributed by atoms with Crippen molar-refractivity contribution in [2.24, 2.45) is 5.92 Å². The van der Waals surface area contributed by atoms with Gasteiger partial charge in [-0.05, 0) is 44.6 Å². The summed E-state index contributed by atoms with van der Waals surface area (Å²) < 4.78 is 5.34. The normalized spacial score (nSPS) is 29.2. The van der Waals surface area contributed by atoms with Crippen LogP contribution in [0.3, 0.4) is 0 Å². The van der Waals surface area contributed by atoms with E-state index in [1.807, 2.05) is 6.26 Å². The largest absolute Gasteiger partial charge is 0.501 e. The Hall–Kier alpha value is -0.720. The minimum atomic E-state index is 0.794. The van der Waals surface area contributed by atoms with Crippen LogP contribution < -0.4 is 0 Å². The van der Waals surface area contributed by atoms with Crippen molar-refractivity contribution in [1.82, 2.24) is 0 Å². The predicted octanol–water partition coefficient (Wildman–Crippen LogP) is 3.04. The van der Waals surface area contributed by atoms with E-state index < -0.39 is 0 Å². The first kappa shape index (κ1) is 7.90. The van der Waals surface area contributed by atoms with Gasteiger partial charge in [-0.1, -0.05) is 11.1 Å². The van der Waals surface area contributed by atoms with Crippen molar-refractivity contribution in [2.45, 2.75) is 33.1 Å². The fourth-order valence-corrected chi connectivity index (χ4v) is 2.08. The summed E-state index contributed by atoms with van der Waals surface area (Å²) in [6.45, 7) is 5.42. The molecule has 1 atom stereocenters. The molecule has 1 aliphatic heterocycles. The van der Waals surface area contributed by atoms with Gasteiger partial charge < -0.3 is 4.74 Å². The molecule has 2 aliphatic rings. The molecule has 0 bridgehead atoms. The third-order valence-electron chi connectivity index (χ3n) is 3.09. The molecule has 2 rings (SSSR count). The predicted molar refractivity (Wildman–Crippen MR) is 49.8 cm³/mol. The SMILES string of the molecule is CC1=C(C)CC2CCOC=C2C1. The van der Waals surface area contributed by atoms with Gasteiger partial charge in [0.25, 0.3) is 0 Å². The molecular formula is C11H16O. The van der Waals surface area contributed by atoms with E-state index in [4.69, 9.17) is 4.74 Å². The molecule has 0 fully saturated rings. The lowest BCUT2D eigenvalue weighted by Crippen LogP contribution is -2.17. The number of fused-ring (bicyclic) bond motifs is 1. The quantitative estimate of drug-likeness (QED) is 0.500. The van der Waals surface area contributed by atoms with Gasteiger partial charge in [-0.15, -0.1) is 0 Å². The number of hydrogen-bond acceptors (Lipinski definition) is 1. The molecule has 0 aromatic rings. The van der Waals surface area contributed by atoms with E-state index in [0.717, 1.165) is 18.9 Å². The second-order valence-electron chi connectivity index (χ2n) is 3.99. The fraction of sp³-hybridized carbons (Fsp3) is 0.636. The Balaban J connectivity index is 2.23. The van der Waals surface area contributed by atoms with Crippen LogP contribution in [0.5, 0.6) is 0 Å². The summed E-state index contributed by atoms with van der Waals surface area (Å²) in [5.74, 6) is 0.794. The standard InChI is InChI=1S/C11H16O/c1-8-5-10-3-4-12-7-11(10)6-9(8)2/h7,10H,3-6H2,1-2H3. The Bertz CT molecular complexity index is 248. The zero-order chi connectivity index (χ0) is 8.55. The van der Waals surface area contributed by atoms with Crippen LogP contribution in [0.2, 0.25) is 0 Å². The first-order valence-corrected chi connectivity index (χ1v) is 4.73. The van der Waals surface area contributed by atoms with Gasteiger partial charge in [0.2, 0.25) is 0 Å². The molecule has 0 saturated carbocycles. The number of rotatable bonds is 0. The van der Waals surface area contributed by atoms with Gasteiger partial charge in [0, 0.05) is 0 Å². The van der Waals surface area contributed by atoms with Gasteiger partial charge in [0.05, 0.1) is 12.9 Å². The molecule has 66 valence electrons. The highest BCUT2D eigenvalue weighted by Crippen LogP contribution is 2.37. The van der Waals surface area contributed by atoms with Crippen molar-refractivity contribution in [3.05, 3.63) is 23.0 Å². The van der Waals surface area contributed by atoms with Crippen molar-refractivity contribution < 1.29 is 4.74 Å². The van der Waals surface area contributed by atoms with Gasteiger partial charge in [-0.3, -0.25) is 0 Å². The molecule has 1 heteroatoms. The van der Waals surface area contributed by atoms with E-state index in [0.29, 0.717) is 0 Å². The van der Waals surface area contributed by atoms with Crippen molar-refractivity contribution in [3.8, 4) is 0 Å². The summed E-state index contributed by atoms with van der Waals surface area (Å²) in [5.41, 5.74) is 4.66. The van der Waals surface area contributed by atoms with E-state index in [2.05, 4.69) is 13.8 Å². The van der Waals surface area contributed by atoms with Gasteiger partial charge in [0.1, 0.15) is 0 Å². The molecule has 1 unspecified atom stereocenters. The average molecular weight is 164 g/mol. The van der Waals surface area contributed by atoms with Crippen LogP contribution in [-0.2, 0) is 4.74 Å². The maximum Gasteiger partial charge on any atom is 0.0879 e. The topological polar surface area (TPSA) is 9.23 Å². The molecule has 0 N–H and O–H groups in total. The van der Waals surface area contributed by atoms with Crippen molar-refractivity contribution in [1.29, 1.82) is 0 Å². The monoisotopic (exact) mass is 164 g/mol. The Labute approximate surface area is 74.1 Å². The minimum Gasteiger partial charge on any atom is -0.501 e. The van der Waals surface area contributed by atoms with E-state index in [1.165, 1.54) is 18.4 Å². The maximum absolute atomic E-state index is 5.34. The highest BCUT2D eigenvalue weighted by atomic mass is 16.5. The van der Waals surface area contributed by atoms with Crippen LogP contribution in [0, 0.1) is 5.92 Å². The molecule has 0 aromatic heterocycles. The lowest BCUT2D eigenvalue weighted by atomic mass is 9.79. The van der Waals surface area contributed by atoms with Gasteiger partial charge in [-0.25, -0.2) is 0 Å². The van der Waals surface area contributed by atoms with Crippen LogP contribution in [0.4, 0.5) is 0 Å². The summed E-state index contributed by atoms with van der Waals surface area (Å²) in [7, 11) is 0. The Morgan fingerprint density at radius 2 is 2.17 bits per heavy atom. The van der Waals surface area contributed by atoms with Crippen molar-refractivity contribution in [3.63, 3.8) is 0 Å². The Kier molecular flexibility index (Phi) is 1.95. The zero-order valence-electron chi connectivity index (χ0n) is 7.89. The smallest absolute Gasteiger partial charge is 0.0879 e. The van der Waals surface area contributed by atoms with Crippen molar-refractivity contribution >= 4 is 0 Å². The zero-order valence-corrected chi connectivity index (χ0v) is 7.89.